The number of hydrogen-bond acceptors (Lipinski definition) is 4. The predicted octanol–water partition coefficient (Wildman–Crippen LogP) is 3.31. The minimum Gasteiger partial charge on any atom is -0.465 e. The molecule has 2 rings (SSSR count). The largest absolute Gasteiger partial charge is 0.465 e. The van der Waals surface area contributed by atoms with Gasteiger partial charge in [-0.15, -0.1) is 0 Å². The Kier molecular flexibility index (Phi) is 4.40. The molecule has 7 heteroatoms. The predicted molar refractivity (Wildman–Crippen MR) is 77.1 cm³/mol. The van der Waals surface area contributed by atoms with Crippen molar-refractivity contribution in [2.45, 2.75) is 6.18 Å². The second-order valence-corrected chi connectivity index (χ2v) is 4.67. The molecule has 0 aromatic heterocycles. The Morgan fingerprint density at radius 3 is 2.17 bits per heavy atom. The number of methoxy groups -OCH3 is 1. The molecule has 0 atom stereocenters. The summed E-state index contributed by atoms with van der Waals surface area (Å²) < 4.78 is 43.9. The number of rotatable bonds is 3. The average molecular weight is 323 g/mol. The van der Waals surface area contributed by atoms with Gasteiger partial charge in [-0.05, 0) is 24.3 Å². The number of nitrogens with two attached hydrogens (primary N) is 1. The number of anilines is 1. The van der Waals surface area contributed by atoms with E-state index in [1.165, 1.54) is 30.3 Å². The summed E-state index contributed by atoms with van der Waals surface area (Å²) in [4.78, 5) is 24.2. The fourth-order valence-corrected chi connectivity index (χ4v) is 2.11. The van der Waals surface area contributed by atoms with Gasteiger partial charge >= 0.3 is 12.1 Å². The van der Waals surface area contributed by atoms with E-state index in [-0.39, 0.29) is 16.8 Å². The minimum atomic E-state index is -4.75. The Balaban J connectivity index is 2.62. The van der Waals surface area contributed by atoms with Crippen LogP contribution in [-0.4, -0.2) is 18.9 Å². The van der Waals surface area contributed by atoms with Crippen LogP contribution in [0.3, 0.4) is 0 Å². The van der Waals surface area contributed by atoms with E-state index in [1.54, 1.807) is 0 Å². The normalized spacial score (nSPS) is 11.1. The van der Waals surface area contributed by atoms with Crippen LogP contribution in [0, 0.1) is 0 Å². The molecule has 0 amide bonds. The van der Waals surface area contributed by atoms with Gasteiger partial charge in [0.25, 0.3) is 0 Å². The summed E-state index contributed by atoms with van der Waals surface area (Å²) in [6, 6.07) is 8.39. The zero-order valence-corrected chi connectivity index (χ0v) is 12.0. The van der Waals surface area contributed by atoms with Crippen LogP contribution in [0.15, 0.2) is 42.5 Å². The molecule has 2 aromatic rings. The Labute approximate surface area is 129 Å². The highest BCUT2D eigenvalue weighted by Crippen LogP contribution is 2.34. The third-order valence-corrected chi connectivity index (χ3v) is 3.17. The maximum atomic E-state index is 13.1. The highest BCUT2D eigenvalue weighted by molar-refractivity contribution is 6.15. The summed E-state index contributed by atoms with van der Waals surface area (Å²) >= 11 is 0. The molecule has 0 aliphatic carbocycles. The van der Waals surface area contributed by atoms with Crippen molar-refractivity contribution in [3.05, 3.63) is 64.7 Å². The molecule has 120 valence electrons. The minimum absolute atomic E-state index is 0.107. The van der Waals surface area contributed by atoms with Gasteiger partial charge in [0.05, 0.1) is 18.2 Å². The number of nitrogen functional groups attached to an aromatic ring is 1. The number of ether oxygens (including phenoxy) is 1. The van der Waals surface area contributed by atoms with Crippen molar-refractivity contribution >= 4 is 17.4 Å². The molecule has 2 N–H and O–H groups in total. The molecule has 0 unspecified atom stereocenters. The SMILES string of the molecule is COC(=O)c1ccccc1C(=O)c1ccc(N)cc1C(F)(F)F. The van der Waals surface area contributed by atoms with Crippen molar-refractivity contribution in [2.75, 3.05) is 12.8 Å². The van der Waals surface area contributed by atoms with Crippen molar-refractivity contribution in [2.24, 2.45) is 0 Å². The van der Waals surface area contributed by atoms with Crippen LogP contribution >= 0.6 is 0 Å². The molecule has 0 saturated carbocycles. The van der Waals surface area contributed by atoms with Crippen molar-refractivity contribution in [3.63, 3.8) is 0 Å². The van der Waals surface area contributed by atoms with Crippen molar-refractivity contribution in [3.8, 4) is 0 Å². The Morgan fingerprint density at radius 1 is 1.00 bits per heavy atom. The zero-order valence-electron chi connectivity index (χ0n) is 12.0. The first-order chi connectivity index (χ1) is 10.8. The lowest BCUT2D eigenvalue weighted by molar-refractivity contribution is -0.137. The number of benzene rings is 2. The first-order valence-electron chi connectivity index (χ1n) is 6.44. The first kappa shape index (κ1) is 16.5. The quantitative estimate of drug-likeness (QED) is 0.534. The number of carbonyl (C=O) groups is 2. The standard InChI is InChI=1S/C16H12F3NO3/c1-23-15(22)11-5-3-2-4-10(11)14(21)12-7-6-9(20)8-13(12)16(17,18)19/h2-8H,20H2,1H3. The summed E-state index contributed by atoms with van der Waals surface area (Å²) in [6.07, 6.45) is -4.75. The van der Waals surface area contributed by atoms with E-state index in [0.29, 0.717) is 6.07 Å². The van der Waals surface area contributed by atoms with E-state index in [9.17, 15) is 22.8 Å². The third kappa shape index (κ3) is 3.33. The number of alkyl halides is 3. The number of ketones is 1. The number of halogens is 3. The van der Waals surface area contributed by atoms with Gasteiger partial charge < -0.3 is 10.5 Å². The number of hydrogen-bond donors (Lipinski definition) is 1. The van der Waals surface area contributed by atoms with E-state index in [2.05, 4.69) is 4.74 Å². The highest BCUT2D eigenvalue weighted by atomic mass is 19.4. The third-order valence-electron chi connectivity index (χ3n) is 3.17. The molecule has 0 spiro atoms. The molecular formula is C16H12F3NO3. The Bertz CT molecular complexity index is 769. The molecule has 23 heavy (non-hydrogen) atoms. The van der Waals surface area contributed by atoms with Gasteiger partial charge in [-0.1, -0.05) is 18.2 Å². The maximum absolute atomic E-state index is 13.1. The number of esters is 1. The second kappa shape index (κ2) is 6.12. The lowest BCUT2D eigenvalue weighted by atomic mass is 9.94. The molecule has 0 aliphatic heterocycles. The van der Waals surface area contributed by atoms with Gasteiger partial charge in [-0.25, -0.2) is 4.79 Å². The second-order valence-electron chi connectivity index (χ2n) is 4.67. The van der Waals surface area contributed by atoms with E-state index in [4.69, 9.17) is 5.73 Å². The summed E-state index contributed by atoms with van der Waals surface area (Å²) in [5, 5.41) is 0. The lowest BCUT2D eigenvalue weighted by Gasteiger charge is -2.14. The van der Waals surface area contributed by atoms with Crippen molar-refractivity contribution in [1.29, 1.82) is 0 Å². The van der Waals surface area contributed by atoms with E-state index >= 15 is 0 Å². The Morgan fingerprint density at radius 2 is 1.61 bits per heavy atom. The zero-order chi connectivity index (χ0) is 17.2. The van der Waals surface area contributed by atoms with Gasteiger partial charge in [0.1, 0.15) is 0 Å². The molecule has 2 aromatic carbocycles. The highest BCUT2D eigenvalue weighted by Gasteiger charge is 2.36. The molecule has 0 fully saturated rings. The lowest BCUT2D eigenvalue weighted by Crippen LogP contribution is -2.17. The van der Waals surface area contributed by atoms with Gasteiger partial charge in [-0.3, -0.25) is 4.79 Å². The fraction of sp³-hybridized carbons (Fsp3) is 0.125. The molecule has 0 bridgehead atoms. The summed E-state index contributed by atoms with van der Waals surface area (Å²) in [6.45, 7) is 0. The van der Waals surface area contributed by atoms with Crippen LogP contribution in [0.5, 0.6) is 0 Å². The van der Waals surface area contributed by atoms with Crippen LogP contribution in [-0.2, 0) is 10.9 Å². The summed E-state index contributed by atoms with van der Waals surface area (Å²) in [7, 11) is 1.12. The van der Waals surface area contributed by atoms with Gasteiger partial charge in [0.15, 0.2) is 5.78 Å². The fourth-order valence-electron chi connectivity index (χ4n) is 2.11. The van der Waals surface area contributed by atoms with Crippen LogP contribution in [0.1, 0.15) is 31.8 Å². The summed E-state index contributed by atoms with van der Waals surface area (Å²) in [5.41, 5.74) is 3.25. The van der Waals surface area contributed by atoms with Crippen LogP contribution in [0.25, 0.3) is 0 Å². The molecule has 0 aliphatic rings. The molecule has 0 heterocycles. The van der Waals surface area contributed by atoms with Gasteiger partial charge in [0, 0.05) is 16.8 Å². The molecular weight excluding hydrogens is 311 g/mol. The Hall–Kier alpha value is -2.83. The number of carbonyl (C=O) groups excluding carboxylic acids is 2. The smallest absolute Gasteiger partial charge is 0.417 e. The van der Waals surface area contributed by atoms with Crippen LogP contribution < -0.4 is 5.73 Å². The topological polar surface area (TPSA) is 69.4 Å². The van der Waals surface area contributed by atoms with E-state index in [0.717, 1.165) is 13.2 Å². The van der Waals surface area contributed by atoms with E-state index in [1.807, 2.05) is 0 Å². The van der Waals surface area contributed by atoms with Gasteiger partial charge in [0.2, 0.25) is 0 Å². The van der Waals surface area contributed by atoms with Crippen LogP contribution in [0.2, 0.25) is 0 Å². The molecule has 4 nitrogen and oxygen atoms in total. The van der Waals surface area contributed by atoms with Crippen molar-refractivity contribution < 1.29 is 27.5 Å². The maximum Gasteiger partial charge on any atom is 0.417 e. The van der Waals surface area contributed by atoms with Crippen molar-refractivity contribution in [1.82, 2.24) is 0 Å². The van der Waals surface area contributed by atoms with Crippen LogP contribution in [0.4, 0.5) is 18.9 Å². The van der Waals surface area contributed by atoms with E-state index < -0.39 is 29.1 Å². The monoisotopic (exact) mass is 323 g/mol. The molecule has 0 radical (unpaired) electrons. The average Bonchev–Trinajstić information content (AvgIpc) is 2.52. The first-order valence-corrected chi connectivity index (χ1v) is 6.44. The molecule has 0 saturated heterocycles. The summed E-state index contributed by atoms with van der Waals surface area (Å²) in [5.74, 6) is -1.74. The van der Waals surface area contributed by atoms with Gasteiger partial charge in [-0.2, -0.15) is 13.2 Å².